The molecule has 1 aromatic heterocycles. The lowest BCUT2D eigenvalue weighted by Crippen LogP contribution is -1.80. The molecule has 2 heteroatoms. The summed E-state index contributed by atoms with van der Waals surface area (Å²) in [4.78, 5) is 4.59. The van der Waals surface area contributed by atoms with E-state index in [9.17, 15) is 0 Å². The summed E-state index contributed by atoms with van der Waals surface area (Å²) in [6, 6.07) is 27.1. The number of para-hydroxylation sites is 2. The summed E-state index contributed by atoms with van der Waals surface area (Å²) in [6.07, 6.45) is 0. The van der Waals surface area contributed by atoms with E-state index in [4.69, 9.17) is 4.42 Å². The third kappa shape index (κ3) is 2.00. The smallest absolute Gasteiger partial charge is 0.227 e. The van der Waals surface area contributed by atoms with Crippen molar-refractivity contribution in [1.29, 1.82) is 0 Å². The lowest BCUT2D eigenvalue weighted by molar-refractivity contribution is 0.620. The molecular formula is C21H13NO. The van der Waals surface area contributed by atoms with Crippen LogP contribution >= 0.6 is 0 Å². The molecule has 108 valence electrons. The van der Waals surface area contributed by atoms with Crippen molar-refractivity contribution in [2.75, 3.05) is 0 Å². The van der Waals surface area contributed by atoms with Gasteiger partial charge in [-0.1, -0.05) is 42.5 Å². The molecule has 1 heterocycles. The fourth-order valence-corrected chi connectivity index (χ4v) is 3.07. The molecule has 0 fully saturated rings. The highest BCUT2D eigenvalue weighted by atomic mass is 16.3. The lowest BCUT2D eigenvalue weighted by atomic mass is 10.0. The van der Waals surface area contributed by atoms with Crippen LogP contribution in [0, 0.1) is 0 Å². The van der Waals surface area contributed by atoms with Gasteiger partial charge in [-0.15, -0.1) is 0 Å². The van der Waals surface area contributed by atoms with E-state index < -0.39 is 0 Å². The van der Waals surface area contributed by atoms with Crippen LogP contribution in [0.25, 0.3) is 44.1 Å². The maximum atomic E-state index is 5.88. The number of rotatable bonds is 1. The number of nitrogens with zero attached hydrogens (tertiary/aromatic N) is 1. The van der Waals surface area contributed by atoms with Crippen molar-refractivity contribution in [3.63, 3.8) is 0 Å². The minimum atomic E-state index is 0.668. The summed E-state index contributed by atoms with van der Waals surface area (Å²) in [5.74, 6) is 0.668. The van der Waals surface area contributed by atoms with Crippen LogP contribution in [0.2, 0.25) is 0 Å². The number of aromatic nitrogens is 1. The maximum Gasteiger partial charge on any atom is 0.227 e. The molecule has 0 saturated carbocycles. The van der Waals surface area contributed by atoms with Crippen molar-refractivity contribution in [2.24, 2.45) is 0 Å². The number of fused-ring (bicyclic) bond motifs is 3. The van der Waals surface area contributed by atoms with Gasteiger partial charge in [-0.3, -0.25) is 0 Å². The quantitative estimate of drug-likeness (QED) is 0.365. The Morgan fingerprint density at radius 1 is 0.609 bits per heavy atom. The highest BCUT2D eigenvalue weighted by Crippen LogP contribution is 2.29. The van der Waals surface area contributed by atoms with E-state index >= 15 is 0 Å². The van der Waals surface area contributed by atoms with Crippen molar-refractivity contribution in [1.82, 2.24) is 4.98 Å². The molecule has 0 aliphatic rings. The average Bonchev–Trinajstić information content (AvgIpc) is 3.03. The second-order valence-electron chi connectivity index (χ2n) is 5.75. The van der Waals surface area contributed by atoms with Gasteiger partial charge in [0.15, 0.2) is 5.58 Å². The molecule has 0 aliphatic carbocycles. The van der Waals surface area contributed by atoms with Crippen LogP contribution < -0.4 is 0 Å². The van der Waals surface area contributed by atoms with E-state index in [2.05, 4.69) is 59.6 Å². The Hall–Kier alpha value is -3.13. The van der Waals surface area contributed by atoms with E-state index in [0.717, 1.165) is 16.7 Å². The number of hydrogen-bond acceptors (Lipinski definition) is 2. The summed E-state index contributed by atoms with van der Waals surface area (Å²) in [5.41, 5.74) is 2.71. The van der Waals surface area contributed by atoms with Gasteiger partial charge in [-0.2, -0.15) is 0 Å². The van der Waals surface area contributed by atoms with E-state index in [-0.39, 0.29) is 0 Å². The van der Waals surface area contributed by atoms with Crippen molar-refractivity contribution in [3.8, 4) is 11.5 Å². The van der Waals surface area contributed by atoms with Crippen molar-refractivity contribution in [3.05, 3.63) is 78.9 Å². The normalized spacial score (nSPS) is 11.5. The molecular weight excluding hydrogens is 282 g/mol. The molecule has 0 N–H and O–H groups in total. The van der Waals surface area contributed by atoms with Crippen LogP contribution in [0.5, 0.6) is 0 Å². The Morgan fingerprint density at radius 3 is 2.13 bits per heavy atom. The second kappa shape index (κ2) is 4.68. The summed E-state index contributed by atoms with van der Waals surface area (Å²) in [6.45, 7) is 0. The Morgan fingerprint density at radius 2 is 1.30 bits per heavy atom. The van der Waals surface area contributed by atoms with Gasteiger partial charge in [0.2, 0.25) is 5.89 Å². The maximum absolute atomic E-state index is 5.88. The minimum Gasteiger partial charge on any atom is -0.436 e. The topological polar surface area (TPSA) is 26.0 Å². The Bertz CT molecular complexity index is 1140. The lowest BCUT2D eigenvalue weighted by Gasteiger charge is -2.03. The minimum absolute atomic E-state index is 0.668. The van der Waals surface area contributed by atoms with E-state index in [1.807, 2.05) is 24.3 Å². The van der Waals surface area contributed by atoms with Crippen LogP contribution in [0.1, 0.15) is 0 Å². The molecule has 0 unspecified atom stereocenters. The fourth-order valence-electron chi connectivity index (χ4n) is 3.07. The molecule has 0 spiro atoms. The first-order chi connectivity index (χ1) is 11.4. The third-order valence-corrected chi connectivity index (χ3v) is 4.25. The number of benzene rings is 4. The van der Waals surface area contributed by atoms with Gasteiger partial charge >= 0.3 is 0 Å². The monoisotopic (exact) mass is 295 g/mol. The van der Waals surface area contributed by atoms with E-state index in [0.29, 0.717) is 5.89 Å². The predicted molar refractivity (Wildman–Crippen MR) is 94.5 cm³/mol. The first-order valence-electron chi connectivity index (χ1n) is 7.65. The van der Waals surface area contributed by atoms with Crippen LogP contribution in [-0.4, -0.2) is 4.98 Å². The molecule has 0 amide bonds. The first-order valence-corrected chi connectivity index (χ1v) is 7.65. The summed E-state index contributed by atoms with van der Waals surface area (Å²) >= 11 is 0. The fraction of sp³-hybridized carbons (Fsp3) is 0. The van der Waals surface area contributed by atoms with Gasteiger partial charge in [0.25, 0.3) is 0 Å². The predicted octanol–water partition coefficient (Wildman–Crippen LogP) is 5.80. The molecule has 0 atom stereocenters. The highest BCUT2D eigenvalue weighted by molar-refractivity contribution is 5.99. The molecule has 4 aromatic carbocycles. The van der Waals surface area contributed by atoms with Crippen molar-refractivity contribution < 1.29 is 4.42 Å². The Kier molecular flexibility index (Phi) is 2.53. The average molecular weight is 295 g/mol. The number of oxazole rings is 1. The molecule has 5 rings (SSSR count). The standard InChI is InChI=1S/C21H13NO/c1-2-6-15-12-18-13-17(10-9-16(18)11-14(15)5-1)21-22-19-7-3-4-8-20(19)23-21/h1-13H. The van der Waals surface area contributed by atoms with E-state index in [1.54, 1.807) is 0 Å². The van der Waals surface area contributed by atoms with Crippen molar-refractivity contribution >= 4 is 32.6 Å². The van der Waals surface area contributed by atoms with E-state index in [1.165, 1.54) is 21.5 Å². The zero-order valence-corrected chi connectivity index (χ0v) is 12.4. The van der Waals surface area contributed by atoms with Crippen LogP contribution in [0.15, 0.2) is 83.3 Å². The molecule has 0 saturated heterocycles. The Labute approximate surface area is 133 Å². The van der Waals surface area contributed by atoms with Crippen LogP contribution in [0.3, 0.4) is 0 Å². The van der Waals surface area contributed by atoms with Gasteiger partial charge in [0.05, 0.1) is 0 Å². The van der Waals surface area contributed by atoms with Crippen molar-refractivity contribution in [2.45, 2.75) is 0 Å². The zero-order chi connectivity index (χ0) is 15.2. The molecule has 0 bridgehead atoms. The highest BCUT2D eigenvalue weighted by Gasteiger charge is 2.08. The summed E-state index contributed by atoms with van der Waals surface area (Å²) in [7, 11) is 0. The Balaban J connectivity index is 1.73. The molecule has 23 heavy (non-hydrogen) atoms. The van der Waals surface area contributed by atoms with Gasteiger partial charge in [-0.05, 0) is 57.9 Å². The molecule has 0 aliphatic heterocycles. The summed E-state index contributed by atoms with van der Waals surface area (Å²) in [5, 5.41) is 4.93. The number of hydrogen-bond donors (Lipinski definition) is 0. The van der Waals surface area contributed by atoms with Gasteiger partial charge < -0.3 is 4.42 Å². The third-order valence-electron chi connectivity index (χ3n) is 4.25. The first kappa shape index (κ1) is 12.4. The van der Waals surface area contributed by atoms with Crippen LogP contribution in [0.4, 0.5) is 0 Å². The second-order valence-corrected chi connectivity index (χ2v) is 5.75. The SMILES string of the molecule is c1ccc2cc3cc(-c4nc5ccccc5o4)ccc3cc2c1. The van der Waals surface area contributed by atoms with Gasteiger partial charge in [-0.25, -0.2) is 4.98 Å². The molecule has 0 radical (unpaired) electrons. The molecule has 2 nitrogen and oxygen atoms in total. The van der Waals surface area contributed by atoms with Gasteiger partial charge in [0.1, 0.15) is 5.52 Å². The van der Waals surface area contributed by atoms with Crippen LogP contribution in [-0.2, 0) is 0 Å². The summed E-state index contributed by atoms with van der Waals surface area (Å²) < 4.78 is 5.88. The molecule has 5 aromatic rings. The van der Waals surface area contributed by atoms with Gasteiger partial charge in [0, 0.05) is 5.56 Å². The largest absolute Gasteiger partial charge is 0.436 e. The zero-order valence-electron chi connectivity index (χ0n) is 12.4.